The van der Waals surface area contributed by atoms with Crippen molar-refractivity contribution in [2.24, 2.45) is 7.05 Å². The first-order valence-electron chi connectivity index (χ1n) is 11.2. The number of imidazole rings is 1. The molecule has 1 N–H and O–H groups in total. The van der Waals surface area contributed by atoms with E-state index in [-0.39, 0.29) is 5.82 Å². The van der Waals surface area contributed by atoms with Crippen LogP contribution in [0.5, 0.6) is 5.75 Å². The molecule has 0 bridgehead atoms. The fraction of sp³-hybridized carbons (Fsp3) is 0.400. The van der Waals surface area contributed by atoms with Crippen LogP contribution < -0.4 is 9.64 Å². The van der Waals surface area contributed by atoms with Crippen LogP contribution in [0.3, 0.4) is 0 Å². The molecule has 6 nitrogen and oxygen atoms in total. The highest BCUT2D eigenvalue weighted by atomic mass is 19.1. The van der Waals surface area contributed by atoms with Crippen molar-refractivity contribution in [2.45, 2.75) is 26.0 Å². The number of halogens is 1. The smallest absolute Gasteiger partial charge is 0.146 e. The predicted molar refractivity (Wildman–Crippen MR) is 123 cm³/mol. The molecule has 0 amide bonds. The third kappa shape index (κ3) is 4.79. The maximum atomic E-state index is 14.9. The number of aryl methyl sites for hydroxylation is 1. The van der Waals surface area contributed by atoms with E-state index in [0.717, 1.165) is 31.8 Å². The van der Waals surface area contributed by atoms with Crippen LogP contribution in [0.25, 0.3) is 0 Å². The van der Waals surface area contributed by atoms with Crippen LogP contribution in [0.1, 0.15) is 36.4 Å². The number of ether oxygens (including phenoxy) is 1. The predicted octanol–water partition coefficient (Wildman–Crippen LogP) is 3.75. The molecule has 0 radical (unpaired) electrons. The number of hydrogen-bond acceptors (Lipinski definition) is 5. The second-order valence-electron chi connectivity index (χ2n) is 8.20. The van der Waals surface area contributed by atoms with E-state index in [1.807, 2.05) is 30.1 Å². The maximum Gasteiger partial charge on any atom is 0.146 e. The number of nitrogens with zero attached hydrogens (tertiary/aromatic N) is 4. The summed E-state index contributed by atoms with van der Waals surface area (Å²) in [5, 5.41) is 10.9. The zero-order valence-electron chi connectivity index (χ0n) is 18.7. The second-order valence-corrected chi connectivity index (χ2v) is 8.20. The van der Waals surface area contributed by atoms with Crippen molar-refractivity contribution in [2.75, 3.05) is 37.7 Å². The Morgan fingerprint density at radius 1 is 1.09 bits per heavy atom. The minimum absolute atomic E-state index is 0.317. The Morgan fingerprint density at radius 2 is 1.88 bits per heavy atom. The standard InChI is InChI=1S/C25H31FN4O2/c1-3-17-32-22-10-5-4-7-19(22)18-29-13-15-30(16-14-29)23-20(8-6-9-21(23)26)24(31)25-27-11-12-28(25)2/h4-12,24,31H,3,13-18H2,1-2H3. The van der Waals surface area contributed by atoms with Crippen molar-refractivity contribution < 1.29 is 14.2 Å². The van der Waals surface area contributed by atoms with Crippen molar-refractivity contribution >= 4 is 5.69 Å². The second kappa shape index (κ2) is 10.1. The van der Waals surface area contributed by atoms with E-state index in [4.69, 9.17) is 4.74 Å². The van der Waals surface area contributed by atoms with Crippen LogP contribution in [-0.4, -0.2) is 52.3 Å². The van der Waals surface area contributed by atoms with Crippen LogP contribution in [0, 0.1) is 5.82 Å². The quantitative estimate of drug-likeness (QED) is 0.581. The highest BCUT2D eigenvalue weighted by molar-refractivity contribution is 5.57. The fourth-order valence-corrected chi connectivity index (χ4v) is 4.22. The largest absolute Gasteiger partial charge is 0.493 e. The van der Waals surface area contributed by atoms with Crippen LogP contribution in [-0.2, 0) is 13.6 Å². The monoisotopic (exact) mass is 438 g/mol. The first-order chi connectivity index (χ1) is 15.6. The molecule has 1 fully saturated rings. The molecule has 1 unspecified atom stereocenters. The topological polar surface area (TPSA) is 53.8 Å². The summed E-state index contributed by atoms with van der Waals surface area (Å²) >= 11 is 0. The van der Waals surface area contributed by atoms with Gasteiger partial charge in [-0.3, -0.25) is 4.90 Å². The highest BCUT2D eigenvalue weighted by Gasteiger charge is 2.27. The molecule has 1 aliphatic heterocycles. The number of aliphatic hydroxyl groups excluding tert-OH is 1. The van der Waals surface area contributed by atoms with Gasteiger partial charge >= 0.3 is 0 Å². The molecule has 32 heavy (non-hydrogen) atoms. The molecule has 1 aliphatic rings. The third-order valence-corrected chi connectivity index (χ3v) is 5.93. The average molecular weight is 439 g/mol. The van der Waals surface area contributed by atoms with Crippen LogP contribution in [0.15, 0.2) is 54.9 Å². The summed E-state index contributed by atoms with van der Waals surface area (Å²) in [4.78, 5) is 8.64. The molecule has 0 spiro atoms. The van der Waals surface area contributed by atoms with Crippen molar-refractivity contribution in [1.29, 1.82) is 0 Å². The lowest BCUT2D eigenvalue weighted by atomic mass is 10.0. The molecule has 2 heterocycles. The zero-order chi connectivity index (χ0) is 22.5. The summed E-state index contributed by atoms with van der Waals surface area (Å²) in [6, 6.07) is 13.0. The molecule has 7 heteroatoms. The Balaban J connectivity index is 1.47. The van der Waals surface area contributed by atoms with Crippen LogP contribution in [0.4, 0.5) is 10.1 Å². The number of aromatic nitrogens is 2. The van der Waals surface area contributed by atoms with Crippen molar-refractivity contribution in [3.8, 4) is 5.75 Å². The minimum atomic E-state index is -0.985. The molecule has 2 aromatic carbocycles. The summed E-state index contributed by atoms with van der Waals surface area (Å²) in [6.07, 6.45) is 3.40. The number of aliphatic hydroxyl groups is 1. The molecule has 170 valence electrons. The van der Waals surface area contributed by atoms with Gasteiger partial charge in [-0.25, -0.2) is 9.37 Å². The molecule has 1 saturated heterocycles. The molecule has 1 atom stereocenters. The normalized spacial score (nSPS) is 15.7. The summed E-state index contributed by atoms with van der Waals surface area (Å²) in [7, 11) is 1.82. The van der Waals surface area contributed by atoms with Crippen molar-refractivity contribution in [1.82, 2.24) is 14.5 Å². The summed E-state index contributed by atoms with van der Waals surface area (Å²) in [5.74, 6) is 1.12. The average Bonchev–Trinajstić information content (AvgIpc) is 3.24. The number of benzene rings is 2. The zero-order valence-corrected chi connectivity index (χ0v) is 18.7. The minimum Gasteiger partial charge on any atom is -0.493 e. The SMILES string of the molecule is CCCOc1ccccc1CN1CCN(c2c(F)cccc2C(O)c2nccn2C)CC1. The Labute approximate surface area is 188 Å². The van der Waals surface area contributed by atoms with Crippen molar-refractivity contribution in [3.63, 3.8) is 0 Å². The summed E-state index contributed by atoms with van der Waals surface area (Å²) in [6.45, 7) is 6.57. The van der Waals surface area contributed by atoms with Gasteiger partial charge in [0.05, 0.1) is 12.3 Å². The van der Waals surface area contributed by atoms with E-state index < -0.39 is 6.10 Å². The number of hydrogen-bond donors (Lipinski definition) is 1. The van der Waals surface area contributed by atoms with E-state index in [2.05, 4.69) is 22.9 Å². The Morgan fingerprint density at radius 3 is 2.59 bits per heavy atom. The first kappa shape index (κ1) is 22.3. The molecule has 3 aromatic rings. The maximum absolute atomic E-state index is 14.9. The van der Waals surface area contributed by atoms with Gasteiger partial charge < -0.3 is 19.3 Å². The number of anilines is 1. The van der Waals surface area contributed by atoms with Gasteiger partial charge in [-0.05, 0) is 18.6 Å². The lowest BCUT2D eigenvalue weighted by molar-refractivity contribution is 0.204. The summed E-state index contributed by atoms with van der Waals surface area (Å²) < 4.78 is 22.6. The Kier molecular flexibility index (Phi) is 7.07. The lowest BCUT2D eigenvalue weighted by Gasteiger charge is -2.37. The molecule has 0 aliphatic carbocycles. The first-order valence-corrected chi connectivity index (χ1v) is 11.2. The van der Waals surface area contributed by atoms with E-state index in [1.54, 1.807) is 29.1 Å². The van der Waals surface area contributed by atoms with Gasteiger partial charge in [0, 0.05) is 63.3 Å². The summed E-state index contributed by atoms with van der Waals surface area (Å²) in [5.41, 5.74) is 2.19. The number of para-hydroxylation sites is 2. The molecule has 0 saturated carbocycles. The Hall–Kier alpha value is -2.90. The van der Waals surface area contributed by atoms with Gasteiger partial charge in [0.25, 0.3) is 0 Å². The van der Waals surface area contributed by atoms with E-state index in [0.29, 0.717) is 36.8 Å². The molecular formula is C25H31FN4O2. The van der Waals surface area contributed by atoms with Gasteiger partial charge in [-0.2, -0.15) is 0 Å². The van der Waals surface area contributed by atoms with Gasteiger partial charge in [0.2, 0.25) is 0 Å². The highest BCUT2D eigenvalue weighted by Crippen LogP contribution is 2.33. The number of piperazine rings is 1. The molecule has 1 aromatic heterocycles. The van der Waals surface area contributed by atoms with Crippen molar-refractivity contribution in [3.05, 3.63) is 77.6 Å². The van der Waals surface area contributed by atoms with E-state index in [9.17, 15) is 9.50 Å². The van der Waals surface area contributed by atoms with Gasteiger partial charge in [-0.15, -0.1) is 0 Å². The molecule has 4 rings (SSSR count). The third-order valence-electron chi connectivity index (χ3n) is 5.93. The number of rotatable bonds is 8. The molecular weight excluding hydrogens is 407 g/mol. The lowest BCUT2D eigenvalue weighted by Crippen LogP contribution is -2.46. The van der Waals surface area contributed by atoms with Gasteiger partial charge in [0.15, 0.2) is 0 Å². The van der Waals surface area contributed by atoms with E-state index in [1.165, 1.54) is 11.6 Å². The van der Waals surface area contributed by atoms with Crippen LogP contribution >= 0.6 is 0 Å². The van der Waals surface area contributed by atoms with E-state index >= 15 is 0 Å². The Bertz CT molecular complexity index is 1030. The van der Waals surface area contributed by atoms with Crippen LogP contribution in [0.2, 0.25) is 0 Å². The van der Waals surface area contributed by atoms with Gasteiger partial charge in [-0.1, -0.05) is 37.3 Å². The van der Waals surface area contributed by atoms with Gasteiger partial charge in [0.1, 0.15) is 23.5 Å². The fourth-order valence-electron chi connectivity index (χ4n) is 4.22.